The zero-order valence-electron chi connectivity index (χ0n) is 12.9. The lowest BCUT2D eigenvalue weighted by molar-refractivity contribution is 0.311. The van der Waals surface area contributed by atoms with Crippen molar-refractivity contribution in [3.05, 3.63) is 29.3 Å². The number of anilines is 1. The van der Waals surface area contributed by atoms with Crippen molar-refractivity contribution in [2.45, 2.75) is 58.9 Å². The monoisotopic (exact) mass is 290 g/mol. The second kappa shape index (κ2) is 7.07. The Kier molecular flexibility index (Phi) is 5.41. The molecule has 0 spiro atoms. The Bertz CT molecular complexity index is 470. The maximum atomic E-state index is 5.68. The van der Waals surface area contributed by atoms with Gasteiger partial charge in [-0.25, -0.2) is 0 Å². The maximum absolute atomic E-state index is 5.68. The SMILES string of the molecule is CCC1CCCCCN1C(=S)Nc1cccc(C)c1C. The van der Waals surface area contributed by atoms with Crippen molar-refractivity contribution in [2.75, 3.05) is 11.9 Å². The standard InChI is InChI=1S/C17H26N2S/c1-4-15-10-6-5-7-12-19(15)17(20)18-16-11-8-9-13(2)14(16)3/h8-9,11,15H,4-7,10,12H2,1-3H3,(H,18,20). The second-order valence-electron chi connectivity index (χ2n) is 5.78. The van der Waals surface area contributed by atoms with E-state index in [2.05, 4.69) is 49.2 Å². The van der Waals surface area contributed by atoms with Gasteiger partial charge in [0.2, 0.25) is 0 Å². The van der Waals surface area contributed by atoms with Crippen LogP contribution in [0.2, 0.25) is 0 Å². The van der Waals surface area contributed by atoms with E-state index >= 15 is 0 Å². The fraction of sp³-hybridized carbons (Fsp3) is 0.588. The Morgan fingerprint density at radius 1 is 1.30 bits per heavy atom. The fourth-order valence-electron chi connectivity index (χ4n) is 2.94. The van der Waals surface area contributed by atoms with Crippen molar-refractivity contribution in [1.82, 2.24) is 4.90 Å². The van der Waals surface area contributed by atoms with Crippen LogP contribution in [0, 0.1) is 13.8 Å². The summed E-state index contributed by atoms with van der Waals surface area (Å²) >= 11 is 5.68. The van der Waals surface area contributed by atoms with Crippen molar-refractivity contribution in [3.8, 4) is 0 Å². The van der Waals surface area contributed by atoms with E-state index in [0.717, 1.165) is 17.3 Å². The van der Waals surface area contributed by atoms with E-state index in [1.807, 2.05) is 0 Å². The summed E-state index contributed by atoms with van der Waals surface area (Å²) in [5.41, 5.74) is 3.74. The first-order valence-corrected chi connectivity index (χ1v) is 8.18. The van der Waals surface area contributed by atoms with E-state index in [4.69, 9.17) is 12.2 Å². The minimum absolute atomic E-state index is 0.600. The van der Waals surface area contributed by atoms with Gasteiger partial charge in [0.25, 0.3) is 0 Å². The van der Waals surface area contributed by atoms with Crippen LogP contribution in [0.5, 0.6) is 0 Å². The molecule has 1 saturated heterocycles. The molecule has 2 rings (SSSR count). The van der Waals surface area contributed by atoms with Gasteiger partial charge in [0.15, 0.2) is 5.11 Å². The largest absolute Gasteiger partial charge is 0.346 e. The second-order valence-corrected chi connectivity index (χ2v) is 6.17. The molecule has 0 amide bonds. The van der Waals surface area contributed by atoms with E-state index in [0.29, 0.717) is 6.04 Å². The molecule has 0 aromatic heterocycles. The summed E-state index contributed by atoms with van der Waals surface area (Å²) in [5, 5.41) is 4.37. The fourth-order valence-corrected chi connectivity index (χ4v) is 3.29. The Hall–Kier alpha value is -1.09. The summed E-state index contributed by atoms with van der Waals surface area (Å²) in [5.74, 6) is 0. The van der Waals surface area contributed by atoms with Crippen LogP contribution in [-0.4, -0.2) is 22.6 Å². The van der Waals surface area contributed by atoms with E-state index in [1.54, 1.807) is 0 Å². The van der Waals surface area contributed by atoms with E-state index < -0.39 is 0 Å². The quantitative estimate of drug-likeness (QED) is 0.798. The minimum Gasteiger partial charge on any atom is -0.346 e. The summed E-state index contributed by atoms with van der Waals surface area (Å²) in [6.07, 6.45) is 6.37. The predicted octanol–water partition coefficient (Wildman–Crippen LogP) is 4.65. The molecular weight excluding hydrogens is 264 g/mol. The summed E-state index contributed by atoms with van der Waals surface area (Å²) in [6.45, 7) is 7.66. The van der Waals surface area contributed by atoms with Gasteiger partial charge in [0.1, 0.15) is 0 Å². The highest BCUT2D eigenvalue weighted by Gasteiger charge is 2.21. The average Bonchev–Trinajstić information content (AvgIpc) is 2.69. The highest BCUT2D eigenvalue weighted by atomic mass is 32.1. The molecule has 0 radical (unpaired) electrons. The molecule has 2 nitrogen and oxygen atoms in total. The van der Waals surface area contributed by atoms with Crippen LogP contribution in [-0.2, 0) is 0 Å². The Labute approximate surface area is 128 Å². The third-order valence-corrected chi connectivity index (χ3v) is 4.79. The molecule has 1 aliphatic heterocycles. The third kappa shape index (κ3) is 3.51. The van der Waals surface area contributed by atoms with Crippen molar-refractivity contribution in [3.63, 3.8) is 0 Å². The molecule has 1 heterocycles. The molecule has 1 unspecified atom stereocenters. The number of likely N-dealkylation sites (tertiary alicyclic amines) is 1. The smallest absolute Gasteiger partial charge is 0.173 e. The van der Waals surface area contributed by atoms with Gasteiger partial charge in [0, 0.05) is 18.3 Å². The van der Waals surface area contributed by atoms with E-state index in [9.17, 15) is 0 Å². The first-order valence-electron chi connectivity index (χ1n) is 7.77. The van der Waals surface area contributed by atoms with Gasteiger partial charge < -0.3 is 10.2 Å². The number of benzene rings is 1. The zero-order valence-corrected chi connectivity index (χ0v) is 13.7. The third-order valence-electron chi connectivity index (χ3n) is 4.46. The van der Waals surface area contributed by atoms with Gasteiger partial charge in [0.05, 0.1) is 0 Å². The molecule has 0 bridgehead atoms. The lowest BCUT2D eigenvalue weighted by atomic mass is 10.1. The molecule has 1 aliphatic rings. The van der Waals surface area contributed by atoms with Gasteiger partial charge in [-0.05, 0) is 62.5 Å². The summed E-state index contributed by atoms with van der Waals surface area (Å²) in [7, 11) is 0. The molecule has 1 N–H and O–H groups in total. The van der Waals surface area contributed by atoms with Crippen molar-refractivity contribution >= 4 is 23.0 Å². The summed E-state index contributed by atoms with van der Waals surface area (Å²) in [6, 6.07) is 6.95. The summed E-state index contributed by atoms with van der Waals surface area (Å²) in [4.78, 5) is 2.41. The summed E-state index contributed by atoms with van der Waals surface area (Å²) < 4.78 is 0. The molecule has 1 atom stereocenters. The normalized spacial score (nSPS) is 19.6. The number of aryl methyl sites for hydroxylation is 1. The topological polar surface area (TPSA) is 15.3 Å². The number of hydrogen-bond donors (Lipinski definition) is 1. The highest BCUT2D eigenvalue weighted by molar-refractivity contribution is 7.80. The number of rotatable bonds is 2. The first-order chi connectivity index (χ1) is 9.63. The van der Waals surface area contributed by atoms with Gasteiger partial charge in [-0.15, -0.1) is 0 Å². The van der Waals surface area contributed by atoms with E-state index in [1.165, 1.54) is 43.2 Å². The molecule has 0 aliphatic carbocycles. The van der Waals surface area contributed by atoms with Crippen molar-refractivity contribution in [2.24, 2.45) is 0 Å². The Balaban J connectivity index is 2.11. The number of nitrogens with one attached hydrogen (secondary N) is 1. The molecule has 110 valence electrons. The van der Waals surface area contributed by atoms with Crippen molar-refractivity contribution in [1.29, 1.82) is 0 Å². The van der Waals surface area contributed by atoms with Crippen LogP contribution in [0.1, 0.15) is 50.2 Å². The number of thiocarbonyl (C=S) groups is 1. The van der Waals surface area contributed by atoms with Gasteiger partial charge >= 0.3 is 0 Å². The molecule has 1 aromatic carbocycles. The Morgan fingerprint density at radius 3 is 2.85 bits per heavy atom. The lowest BCUT2D eigenvalue weighted by Gasteiger charge is -2.32. The molecule has 20 heavy (non-hydrogen) atoms. The van der Waals surface area contributed by atoms with Crippen LogP contribution < -0.4 is 5.32 Å². The zero-order chi connectivity index (χ0) is 14.5. The van der Waals surface area contributed by atoms with Crippen LogP contribution in [0.3, 0.4) is 0 Å². The van der Waals surface area contributed by atoms with Gasteiger partial charge in [-0.2, -0.15) is 0 Å². The Morgan fingerprint density at radius 2 is 2.10 bits per heavy atom. The number of hydrogen-bond acceptors (Lipinski definition) is 1. The first kappa shape index (κ1) is 15.3. The average molecular weight is 290 g/mol. The van der Waals surface area contributed by atoms with Crippen LogP contribution in [0.25, 0.3) is 0 Å². The van der Waals surface area contributed by atoms with Crippen LogP contribution in [0.4, 0.5) is 5.69 Å². The maximum Gasteiger partial charge on any atom is 0.173 e. The predicted molar refractivity (Wildman–Crippen MR) is 91.4 cm³/mol. The molecule has 1 aromatic rings. The highest BCUT2D eigenvalue weighted by Crippen LogP contribution is 2.22. The molecule has 0 saturated carbocycles. The molecule has 3 heteroatoms. The lowest BCUT2D eigenvalue weighted by Crippen LogP contribution is -2.42. The minimum atomic E-state index is 0.600. The van der Waals surface area contributed by atoms with Gasteiger partial charge in [-0.1, -0.05) is 31.9 Å². The van der Waals surface area contributed by atoms with Crippen LogP contribution in [0.15, 0.2) is 18.2 Å². The number of nitrogens with zero attached hydrogens (tertiary/aromatic N) is 1. The molecule has 1 fully saturated rings. The van der Waals surface area contributed by atoms with E-state index in [-0.39, 0.29) is 0 Å². The molecular formula is C17H26N2S. The van der Waals surface area contributed by atoms with Crippen LogP contribution >= 0.6 is 12.2 Å². The van der Waals surface area contributed by atoms with Crippen molar-refractivity contribution < 1.29 is 0 Å². The van der Waals surface area contributed by atoms with Gasteiger partial charge in [-0.3, -0.25) is 0 Å².